The third-order valence-corrected chi connectivity index (χ3v) is 9.32. The van der Waals surface area contributed by atoms with Crippen LogP contribution in [0.5, 0.6) is 11.8 Å². The minimum absolute atomic E-state index is 0.0208. The second-order valence-electron chi connectivity index (χ2n) is 12.0. The van der Waals surface area contributed by atoms with Gasteiger partial charge >= 0.3 is 11.6 Å². The maximum absolute atomic E-state index is 14.9. The van der Waals surface area contributed by atoms with Crippen molar-refractivity contribution >= 4 is 33.4 Å². The molecule has 0 saturated carbocycles. The number of anilines is 1. The molecule has 4 atom stereocenters. The van der Waals surface area contributed by atoms with E-state index in [0.29, 0.717) is 47.8 Å². The van der Waals surface area contributed by atoms with Gasteiger partial charge in [-0.15, -0.1) is 0 Å². The molecule has 1 amide bonds. The van der Waals surface area contributed by atoms with Crippen LogP contribution in [0.4, 0.5) is 14.6 Å². The second kappa shape index (κ2) is 11.0. The van der Waals surface area contributed by atoms with Gasteiger partial charge in [-0.1, -0.05) is 12.1 Å². The fraction of sp³-hybridized carbons (Fsp3) is 0.438. The first kappa shape index (κ1) is 28.5. The molecule has 4 aromatic rings. The molecule has 0 spiro atoms. The molecule has 44 heavy (non-hydrogen) atoms. The van der Waals surface area contributed by atoms with Crippen molar-refractivity contribution in [3.05, 3.63) is 52.1 Å². The third kappa shape index (κ3) is 4.81. The first-order chi connectivity index (χ1) is 21.2. The van der Waals surface area contributed by atoms with Crippen LogP contribution in [-0.4, -0.2) is 76.9 Å². The molecule has 2 aromatic carbocycles. The fourth-order valence-electron chi connectivity index (χ4n) is 7.34. The number of benzene rings is 2. The number of hydrogen-bond acceptors (Lipinski definition) is 9. The average molecular weight is 606 g/mol. The second-order valence-corrected chi connectivity index (χ2v) is 12.0. The number of halogens is 2. The smallest absolute Gasteiger partial charge is 0.349 e. The average Bonchev–Trinajstić information content (AvgIpc) is 3.76. The van der Waals surface area contributed by atoms with E-state index in [-0.39, 0.29) is 51.8 Å². The van der Waals surface area contributed by atoms with Gasteiger partial charge in [0.15, 0.2) is 5.82 Å². The van der Waals surface area contributed by atoms with Crippen molar-refractivity contribution in [2.45, 2.75) is 63.3 Å². The molecule has 4 fully saturated rings. The van der Waals surface area contributed by atoms with Gasteiger partial charge in [0.25, 0.3) is 0 Å². The number of phenolic OH excluding ortho intramolecular Hbond substituents is 1. The number of fused-ring (bicyclic) bond motifs is 4. The fourth-order valence-corrected chi connectivity index (χ4v) is 7.34. The van der Waals surface area contributed by atoms with Gasteiger partial charge in [0.05, 0.1) is 24.7 Å². The highest BCUT2D eigenvalue weighted by atomic mass is 19.1. The number of methoxy groups -OCH3 is 1. The molecule has 0 aliphatic carbocycles. The van der Waals surface area contributed by atoms with Crippen LogP contribution in [0.1, 0.15) is 37.7 Å². The van der Waals surface area contributed by atoms with E-state index in [0.717, 1.165) is 19.4 Å². The lowest BCUT2D eigenvalue weighted by Crippen LogP contribution is -2.35. The predicted molar refractivity (Wildman–Crippen MR) is 160 cm³/mol. The van der Waals surface area contributed by atoms with Crippen molar-refractivity contribution in [1.82, 2.24) is 20.2 Å². The molecular formula is C32H33F2N5O5. The van der Waals surface area contributed by atoms with Crippen LogP contribution in [-0.2, 0) is 4.79 Å². The Kier molecular flexibility index (Phi) is 7.11. The minimum atomic E-state index is -0.702. The molecule has 2 N–H and O–H groups in total. The molecule has 4 aliphatic rings. The highest BCUT2D eigenvalue weighted by Crippen LogP contribution is 2.39. The van der Waals surface area contributed by atoms with E-state index in [1.54, 1.807) is 19.1 Å². The largest absolute Gasteiger partial charge is 0.508 e. The Morgan fingerprint density at radius 3 is 2.77 bits per heavy atom. The summed E-state index contributed by atoms with van der Waals surface area (Å²) in [5, 5.41) is 14.1. The number of hydrogen-bond donors (Lipinski definition) is 2. The van der Waals surface area contributed by atoms with Crippen LogP contribution in [0.2, 0.25) is 0 Å². The quantitative estimate of drug-likeness (QED) is 0.354. The van der Waals surface area contributed by atoms with E-state index in [4.69, 9.17) is 9.15 Å². The lowest BCUT2D eigenvalue weighted by molar-refractivity contribution is -0.119. The summed E-state index contributed by atoms with van der Waals surface area (Å²) in [5.41, 5.74) is 0.298. The lowest BCUT2D eigenvalue weighted by atomic mass is 9.98. The number of nitrogens with one attached hydrogen (secondary N) is 1. The normalized spacial score (nSPS) is 24.4. The Morgan fingerprint density at radius 2 is 1.98 bits per heavy atom. The Balaban J connectivity index is 0.000000296. The molecule has 2 aromatic heterocycles. The zero-order valence-electron chi connectivity index (χ0n) is 24.5. The molecular weight excluding hydrogens is 572 g/mol. The lowest BCUT2D eigenvalue weighted by Gasteiger charge is -2.25. The summed E-state index contributed by atoms with van der Waals surface area (Å²) in [6.07, 6.45) is 3.84. The summed E-state index contributed by atoms with van der Waals surface area (Å²) in [6.45, 7) is 4.16. The standard InChI is InChI=1S/C25H21FN4O5.C7H12FN/c1-11-21-20(23(29-25(28-21)34-2)30-7-6-16-17(30)10-18(32)27-16)24(33)35-22(11)14-9-13(31)8-12-4-3-5-15(26)19(12)14;8-6-4-7-2-1-3-9(7)5-6/h3-5,8-9,16-17,31H,6-7,10H2,1-2H3,(H,27,32);6-7H,1-5H2. The zero-order chi connectivity index (χ0) is 30.7. The Labute approximate surface area is 251 Å². The summed E-state index contributed by atoms with van der Waals surface area (Å²) < 4.78 is 38.6. The monoisotopic (exact) mass is 605 g/mol. The van der Waals surface area contributed by atoms with Crippen molar-refractivity contribution in [3.8, 4) is 23.1 Å². The molecule has 4 saturated heterocycles. The maximum atomic E-state index is 14.9. The number of carbonyl (C=O) groups is 1. The molecule has 6 heterocycles. The van der Waals surface area contributed by atoms with Crippen molar-refractivity contribution in [2.75, 3.05) is 31.6 Å². The van der Waals surface area contributed by atoms with Gasteiger partial charge < -0.3 is 24.5 Å². The topological polar surface area (TPSA) is 121 Å². The molecule has 8 rings (SSSR count). The van der Waals surface area contributed by atoms with Crippen LogP contribution < -0.4 is 20.6 Å². The van der Waals surface area contributed by atoms with Gasteiger partial charge in [-0.25, -0.2) is 13.6 Å². The van der Waals surface area contributed by atoms with Crippen molar-refractivity contribution in [1.29, 1.82) is 0 Å². The summed E-state index contributed by atoms with van der Waals surface area (Å²) in [7, 11) is 1.43. The number of aromatic nitrogens is 2. The Morgan fingerprint density at radius 1 is 1.14 bits per heavy atom. The number of phenols is 1. The highest BCUT2D eigenvalue weighted by Gasteiger charge is 2.43. The van der Waals surface area contributed by atoms with E-state index in [9.17, 15) is 23.5 Å². The van der Waals surface area contributed by atoms with Gasteiger partial charge in [-0.05, 0) is 62.7 Å². The molecule has 4 unspecified atom stereocenters. The van der Waals surface area contributed by atoms with Crippen LogP contribution in [0.15, 0.2) is 39.5 Å². The van der Waals surface area contributed by atoms with Crippen LogP contribution in [0, 0.1) is 12.7 Å². The molecule has 10 nitrogen and oxygen atoms in total. The number of ether oxygens (including phenoxy) is 1. The molecule has 4 aliphatic heterocycles. The molecule has 230 valence electrons. The van der Waals surface area contributed by atoms with E-state index in [2.05, 4.69) is 20.2 Å². The first-order valence-corrected chi connectivity index (χ1v) is 15.0. The summed E-state index contributed by atoms with van der Waals surface area (Å²) >= 11 is 0. The van der Waals surface area contributed by atoms with Gasteiger partial charge in [0, 0.05) is 42.1 Å². The highest BCUT2D eigenvalue weighted by molar-refractivity contribution is 6.01. The van der Waals surface area contributed by atoms with E-state index < -0.39 is 17.6 Å². The number of carbonyl (C=O) groups excluding carboxylic acids is 1. The van der Waals surface area contributed by atoms with Crippen molar-refractivity contribution < 1.29 is 27.8 Å². The summed E-state index contributed by atoms with van der Waals surface area (Å²) in [6, 6.07) is 7.83. The number of aromatic hydroxyl groups is 1. The molecule has 0 bridgehead atoms. The molecule has 0 radical (unpaired) electrons. The number of aryl methyl sites for hydroxylation is 1. The van der Waals surface area contributed by atoms with Crippen molar-refractivity contribution in [3.63, 3.8) is 0 Å². The first-order valence-electron chi connectivity index (χ1n) is 15.0. The maximum Gasteiger partial charge on any atom is 0.349 e. The van der Waals surface area contributed by atoms with E-state index in [1.165, 1.54) is 38.2 Å². The minimum Gasteiger partial charge on any atom is -0.508 e. The number of amides is 1. The van der Waals surface area contributed by atoms with Gasteiger partial charge in [-0.2, -0.15) is 9.97 Å². The number of nitrogens with zero attached hydrogens (tertiary/aromatic N) is 4. The Bertz CT molecular complexity index is 1840. The number of alkyl halides is 1. The van der Waals surface area contributed by atoms with Crippen LogP contribution >= 0.6 is 0 Å². The van der Waals surface area contributed by atoms with E-state index >= 15 is 0 Å². The summed E-state index contributed by atoms with van der Waals surface area (Å²) in [5.74, 6) is -0.216. The summed E-state index contributed by atoms with van der Waals surface area (Å²) in [4.78, 5) is 38.5. The zero-order valence-corrected chi connectivity index (χ0v) is 24.5. The van der Waals surface area contributed by atoms with Crippen molar-refractivity contribution in [2.24, 2.45) is 0 Å². The van der Waals surface area contributed by atoms with E-state index in [1.807, 2.05) is 4.90 Å². The third-order valence-electron chi connectivity index (χ3n) is 9.32. The molecule has 12 heteroatoms. The Hall–Kier alpha value is -4.32. The van der Waals surface area contributed by atoms with Gasteiger partial charge in [0.2, 0.25) is 5.91 Å². The van der Waals surface area contributed by atoms with Crippen LogP contribution in [0.3, 0.4) is 0 Å². The van der Waals surface area contributed by atoms with Gasteiger partial charge in [0.1, 0.15) is 28.9 Å². The van der Waals surface area contributed by atoms with Gasteiger partial charge in [-0.3, -0.25) is 9.69 Å². The predicted octanol–water partition coefficient (Wildman–Crippen LogP) is 4.22. The SMILES string of the molecule is COc1nc(N2CCC3NC(=O)CC32)c2c(=O)oc(-c3cc(O)cc4cccc(F)c34)c(C)c2n1.FC1CC2CCCN2C1. The number of rotatable bonds is 3. The van der Waals surface area contributed by atoms with Crippen LogP contribution in [0.25, 0.3) is 33.0 Å².